The highest BCUT2D eigenvalue weighted by molar-refractivity contribution is 9.10. The molecule has 1 aromatic rings. The molecule has 0 aliphatic carbocycles. The SMILES string of the molecule is COCc1ccc(Br)cc1N=C(N)N=C(N)N. The van der Waals surface area contributed by atoms with Crippen LogP contribution in [-0.2, 0) is 11.3 Å². The number of ether oxygens (including phenoxy) is 1. The molecule has 1 rings (SSSR count). The molecule has 0 fully saturated rings. The summed E-state index contributed by atoms with van der Waals surface area (Å²) in [5.41, 5.74) is 17.5. The van der Waals surface area contributed by atoms with E-state index in [1.165, 1.54) is 0 Å². The molecule has 17 heavy (non-hydrogen) atoms. The largest absolute Gasteiger partial charge is 0.380 e. The zero-order valence-electron chi connectivity index (χ0n) is 9.35. The van der Waals surface area contributed by atoms with E-state index in [-0.39, 0.29) is 11.9 Å². The van der Waals surface area contributed by atoms with Crippen LogP contribution in [0.15, 0.2) is 32.7 Å². The van der Waals surface area contributed by atoms with Gasteiger partial charge in [0.2, 0.25) is 5.96 Å². The molecule has 1 aromatic carbocycles. The molecule has 0 spiro atoms. The van der Waals surface area contributed by atoms with E-state index >= 15 is 0 Å². The molecule has 0 aromatic heterocycles. The van der Waals surface area contributed by atoms with E-state index in [0.717, 1.165) is 10.0 Å². The second-order valence-electron chi connectivity index (χ2n) is 3.21. The van der Waals surface area contributed by atoms with Gasteiger partial charge < -0.3 is 21.9 Å². The van der Waals surface area contributed by atoms with E-state index in [1.54, 1.807) is 7.11 Å². The molecule has 0 radical (unpaired) electrons. The van der Waals surface area contributed by atoms with Crippen LogP contribution in [0, 0.1) is 0 Å². The summed E-state index contributed by atoms with van der Waals surface area (Å²) in [4.78, 5) is 7.76. The standard InChI is InChI=1S/C10H14BrN5O/c1-17-5-6-2-3-7(11)4-8(6)15-10(14)16-9(12)13/h2-4H,5H2,1H3,(H6,12,13,14,15,16). The summed E-state index contributed by atoms with van der Waals surface area (Å²) >= 11 is 3.35. The van der Waals surface area contributed by atoms with Gasteiger partial charge in [-0.1, -0.05) is 22.0 Å². The molecule has 0 unspecified atom stereocenters. The van der Waals surface area contributed by atoms with Crippen molar-refractivity contribution in [1.29, 1.82) is 0 Å². The van der Waals surface area contributed by atoms with E-state index in [0.29, 0.717) is 12.3 Å². The van der Waals surface area contributed by atoms with Gasteiger partial charge in [0.15, 0.2) is 5.96 Å². The molecule has 0 saturated carbocycles. The van der Waals surface area contributed by atoms with Crippen molar-refractivity contribution in [3.8, 4) is 0 Å². The lowest BCUT2D eigenvalue weighted by molar-refractivity contribution is 0.185. The third kappa shape index (κ3) is 4.41. The predicted molar refractivity (Wildman–Crippen MR) is 71.9 cm³/mol. The van der Waals surface area contributed by atoms with Crippen molar-refractivity contribution in [2.45, 2.75) is 6.61 Å². The first-order chi connectivity index (χ1) is 8.02. The number of methoxy groups -OCH3 is 1. The number of nitrogens with two attached hydrogens (primary N) is 3. The van der Waals surface area contributed by atoms with Crippen LogP contribution in [0.25, 0.3) is 0 Å². The summed E-state index contributed by atoms with van der Waals surface area (Å²) in [7, 11) is 1.61. The van der Waals surface area contributed by atoms with Gasteiger partial charge in [-0.2, -0.15) is 4.99 Å². The Balaban J connectivity index is 3.11. The summed E-state index contributed by atoms with van der Waals surface area (Å²) in [6.07, 6.45) is 0. The summed E-state index contributed by atoms with van der Waals surface area (Å²) in [6, 6.07) is 5.59. The van der Waals surface area contributed by atoms with Crippen molar-refractivity contribution >= 4 is 33.5 Å². The number of hydrogen-bond acceptors (Lipinski definition) is 2. The molecular weight excluding hydrogens is 286 g/mol. The average molecular weight is 300 g/mol. The summed E-state index contributed by atoms with van der Waals surface area (Å²) in [5.74, 6) is -0.130. The van der Waals surface area contributed by atoms with Gasteiger partial charge in [-0.3, -0.25) is 0 Å². The van der Waals surface area contributed by atoms with Crippen molar-refractivity contribution in [3.63, 3.8) is 0 Å². The quantitative estimate of drug-likeness (QED) is 0.566. The Morgan fingerprint density at radius 3 is 2.65 bits per heavy atom. The summed E-state index contributed by atoms with van der Waals surface area (Å²) < 4.78 is 5.94. The van der Waals surface area contributed by atoms with Crippen LogP contribution in [0.2, 0.25) is 0 Å². The summed E-state index contributed by atoms with van der Waals surface area (Å²) in [6.45, 7) is 0.432. The van der Waals surface area contributed by atoms with Crippen molar-refractivity contribution in [2.24, 2.45) is 27.2 Å². The Morgan fingerprint density at radius 1 is 1.35 bits per heavy atom. The van der Waals surface area contributed by atoms with Crippen LogP contribution >= 0.6 is 15.9 Å². The van der Waals surface area contributed by atoms with Crippen LogP contribution in [-0.4, -0.2) is 19.0 Å². The molecule has 0 amide bonds. The highest BCUT2D eigenvalue weighted by Gasteiger charge is 2.03. The molecule has 6 N–H and O–H groups in total. The van der Waals surface area contributed by atoms with E-state index in [2.05, 4.69) is 25.9 Å². The molecule has 0 atom stereocenters. The van der Waals surface area contributed by atoms with E-state index in [4.69, 9.17) is 21.9 Å². The Bertz CT molecular complexity index is 454. The lowest BCUT2D eigenvalue weighted by Gasteiger charge is -2.05. The van der Waals surface area contributed by atoms with Gasteiger partial charge in [-0.05, 0) is 12.1 Å². The van der Waals surface area contributed by atoms with E-state index < -0.39 is 0 Å². The number of halogens is 1. The average Bonchev–Trinajstić information content (AvgIpc) is 2.21. The maximum Gasteiger partial charge on any atom is 0.223 e. The summed E-state index contributed by atoms with van der Waals surface area (Å²) in [5, 5.41) is 0. The molecule has 0 heterocycles. The van der Waals surface area contributed by atoms with Gasteiger partial charge in [-0.25, -0.2) is 4.99 Å². The Morgan fingerprint density at radius 2 is 2.06 bits per heavy atom. The molecule has 7 heteroatoms. The fourth-order valence-corrected chi connectivity index (χ4v) is 1.55. The Hall–Kier alpha value is -1.60. The minimum atomic E-state index is -0.130. The van der Waals surface area contributed by atoms with E-state index in [9.17, 15) is 0 Å². The predicted octanol–water partition coefficient (Wildman–Crippen LogP) is 0.815. The van der Waals surface area contributed by atoms with Gasteiger partial charge in [0, 0.05) is 17.1 Å². The number of hydrogen-bond donors (Lipinski definition) is 3. The topological polar surface area (TPSA) is 112 Å². The number of aliphatic imine (C=N–C) groups is 2. The zero-order valence-corrected chi connectivity index (χ0v) is 10.9. The zero-order chi connectivity index (χ0) is 12.8. The number of guanidine groups is 2. The second-order valence-corrected chi connectivity index (χ2v) is 4.13. The van der Waals surface area contributed by atoms with Crippen LogP contribution in [0.3, 0.4) is 0 Å². The fraction of sp³-hybridized carbons (Fsp3) is 0.200. The maximum absolute atomic E-state index is 5.57. The van der Waals surface area contributed by atoms with Crippen molar-refractivity contribution in [1.82, 2.24) is 0 Å². The first kappa shape index (κ1) is 13.5. The van der Waals surface area contributed by atoms with Crippen LogP contribution in [0.5, 0.6) is 0 Å². The fourth-order valence-electron chi connectivity index (χ4n) is 1.20. The highest BCUT2D eigenvalue weighted by atomic mass is 79.9. The van der Waals surface area contributed by atoms with Gasteiger partial charge in [-0.15, -0.1) is 0 Å². The highest BCUT2D eigenvalue weighted by Crippen LogP contribution is 2.24. The molecule has 0 aliphatic rings. The number of nitrogens with zero attached hydrogens (tertiary/aromatic N) is 2. The Labute approximate surface area is 108 Å². The van der Waals surface area contributed by atoms with Crippen molar-refractivity contribution < 1.29 is 4.74 Å². The van der Waals surface area contributed by atoms with Gasteiger partial charge in [0.25, 0.3) is 0 Å². The van der Waals surface area contributed by atoms with Crippen molar-refractivity contribution in [3.05, 3.63) is 28.2 Å². The molecular formula is C10H14BrN5O. The van der Waals surface area contributed by atoms with Gasteiger partial charge in [0.05, 0.1) is 12.3 Å². The maximum atomic E-state index is 5.57. The first-order valence-electron chi connectivity index (χ1n) is 4.74. The molecule has 0 bridgehead atoms. The minimum absolute atomic E-state index is 0.000420. The van der Waals surface area contributed by atoms with Gasteiger partial charge >= 0.3 is 0 Å². The lowest BCUT2D eigenvalue weighted by Crippen LogP contribution is -2.26. The lowest BCUT2D eigenvalue weighted by atomic mass is 10.2. The molecule has 92 valence electrons. The normalized spacial score (nSPS) is 11.3. The smallest absolute Gasteiger partial charge is 0.223 e. The second kappa shape index (κ2) is 6.21. The first-order valence-corrected chi connectivity index (χ1v) is 5.53. The monoisotopic (exact) mass is 299 g/mol. The van der Waals surface area contributed by atoms with Crippen LogP contribution < -0.4 is 17.2 Å². The third-order valence-corrected chi connectivity index (χ3v) is 2.32. The Kier molecular flexibility index (Phi) is 4.92. The number of rotatable bonds is 3. The molecule has 0 saturated heterocycles. The van der Waals surface area contributed by atoms with Crippen LogP contribution in [0.1, 0.15) is 5.56 Å². The van der Waals surface area contributed by atoms with E-state index in [1.807, 2.05) is 18.2 Å². The van der Waals surface area contributed by atoms with Crippen molar-refractivity contribution in [2.75, 3.05) is 7.11 Å². The van der Waals surface area contributed by atoms with Gasteiger partial charge in [0.1, 0.15) is 0 Å². The minimum Gasteiger partial charge on any atom is -0.380 e. The number of benzene rings is 1. The molecule has 0 aliphatic heterocycles. The van der Waals surface area contributed by atoms with Crippen LogP contribution in [0.4, 0.5) is 5.69 Å². The third-order valence-electron chi connectivity index (χ3n) is 1.83. The molecule has 6 nitrogen and oxygen atoms in total.